The van der Waals surface area contributed by atoms with Crippen LogP contribution < -0.4 is 5.32 Å². The van der Waals surface area contributed by atoms with Crippen molar-refractivity contribution in [2.75, 3.05) is 11.9 Å². The molecular weight excluding hydrogens is 323 g/mol. The van der Waals surface area contributed by atoms with E-state index in [2.05, 4.69) is 15.3 Å². The molecule has 1 N–H and O–H groups in total. The number of alkyl halides is 3. The molecule has 0 unspecified atom stereocenters. The Hall–Kier alpha value is -2.15. The van der Waals surface area contributed by atoms with E-state index >= 15 is 0 Å². The first-order valence-electron chi connectivity index (χ1n) is 7.04. The Morgan fingerprint density at radius 1 is 1.17 bits per heavy atom. The Balaban J connectivity index is 1.78. The molecule has 0 saturated heterocycles. The summed E-state index contributed by atoms with van der Waals surface area (Å²) < 4.78 is 38.3. The number of aryl methyl sites for hydroxylation is 1. The zero-order valence-electron chi connectivity index (χ0n) is 12.3. The van der Waals surface area contributed by atoms with Crippen LogP contribution in [0.3, 0.4) is 0 Å². The van der Waals surface area contributed by atoms with Crippen molar-refractivity contribution >= 4 is 27.9 Å². The van der Waals surface area contributed by atoms with Crippen LogP contribution in [0.25, 0.3) is 10.9 Å². The topological polar surface area (TPSA) is 37.8 Å². The predicted molar refractivity (Wildman–Crippen MR) is 85.8 cm³/mol. The minimum atomic E-state index is -4.36. The second-order valence-corrected chi connectivity index (χ2v) is 6.45. The van der Waals surface area contributed by atoms with Gasteiger partial charge in [-0.1, -0.05) is 6.07 Å². The number of nitrogens with zero attached hydrogens (tertiary/aromatic N) is 2. The summed E-state index contributed by atoms with van der Waals surface area (Å²) in [7, 11) is 0. The highest BCUT2D eigenvalue weighted by atomic mass is 32.1. The number of hydrogen-bond acceptors (Lipinski definition) is 4. The van der Waals surface area contributed by atoms with E-state index in [4.69, 9.17) is 0 Å². The van der Waals surface area contributed by atoms with Gasteiger partial charge in [0.1, 0.15) is 0 Å². The fourth-order valence-corrected chi connectivity index (χ4v) is 3.09. The van der Waals surface area contributed by atoms with Crippen LogP contribution in [0.4, 0.5) is 18.9 Å². The standard InChI is InChI=1S/C16H14F3N3S/c1-10-9-22-15(23-10)5-7-20-13-4-6-21-14-8-11(16(17,18)19)2-3-12(13)14/h2-4,6,8-9H,5,7H2,1H3,(H,20,21). The Morgan fingerprint density at radius 3 is 2.70 bits per heavy atom. The molecule has 0 radical (unpaired) electrons. The summed E-state index contributed by atoms with van der Waals surface area (Å²) in [6.07, 6.45) is -0.246. The molecule has 0 spiro atoms. The van der Waals surface area contributed by atoms with Crippen molar-refractivity contribution in [2.45, 2.75) is 19.5 Å². The summed E-state index contributed by atoms with van der Waals surface area (Å²) in [6.45, 7) is 2.66. The van der Waals surface area contributed by atoms with Gasteiger partial charge in [-0.2, -0.15) is 13.2 Å². The zero-order chi connectivity index (χ0) is 16.4. The van der Waals surface area contributed by atoms with E-state index in [0.717, 1.165) is 34.1 Å². The molecule has 7 heteroatoms. The van der Waals surface area contributed by atoms with Crippen molar-refractivity contribution in [2.24, 2.45) is 0 Å². The predicted octanol–water partition coefficient (Wildman–Crippen LogP) is 4.67. The second-order valence-electron chi connectivity index (χ2n) is 5.13. The minimum Gasteiger partial charge on any atom is -0.384 e. The van der Waals surface area contributed by atoms with Gasteiger partial charge in [-0.15, -0.1) is 11.3 Å². The number of benzene rings is 1. The Morgan fingerprint density at radius 2 is 2.00 bits per heavy atom. The number of nitrogens with one attached hydrogen (secondary N) is 1. The van der Waals surface area contributed by atoms with Crippen LogP contribution in [0.1, 0.15) is 15.4 Å². The first-order valence-corrected chi connectivity index (χ1v) is 7.86. The molecule has 0 fully saturated rings. The van der Waals surface area contributed by atoms with Gasteiger partial charge in [-0.3, -0.25) is 4.98 Å². The van der Waals surface area contributed by atoms with Crippen molar-refractivity contribution < 1.29 is 13.2 Å². The number of hydrogen-bond donors (Lipinski definition) is 1. The SMILES string of the molecule is Cc1cnc(CCNc2ccnc3cc(C(F)(F)F)ccc23)s1. The largest absolute Gasteiger partial charge is 0.416 e. The van der Waals surface area contributed by atoms with Crippen LogP contribution in [0, 0.1) is 6.92 Å². The summed E-state index contributed by atoms with van der Waals surface area (Å²) in [6, 6.07) is 5.38. The summed E-state index contributed by atoms with van der Waals surface area (Å²) in [5.41, 5.74) is 0.417. The van der Waals surface area contributed by atoms with E-state index in [1.54, 1.807) is 17.4 Å². The van der Waals surface area contributed by atoms with Crippen molar-refractivity contribution in [3.8, 4) is 0 Å². The van der Waals surface area contributed by atoms with E-state index in [-0.39, 0.29) is 0 Å². The van der Waals surface area contributed by atoms with Crippen LogP contribution in [0.2, 0.25) is 0 Å². The monoisotopic (exact) mass is 337 g/mol. The minimum absolute atomic E-state index is 0.329. The van der Waals surface area contributed by atoms with Gasteiger partial charge >= 0.3 is 6.18 Å². The molecule has 0 aliphatic heterocycles. The molecule has 3 nitrogen and oxygen atoms in total. The lowest BCUT2D eigenvalue weighted by Crippen LogP contribution is -2.07. The lowest BCUT2D eigenvalue weighted by molar-refractivity contribution is -0.137. The summed E-state index contributed by atoms with van der Waals surface area (Å²) in [4.78, 5) is 9.49. The molecule has 2 aromatic heterocycles. The first kappa shape index (κ1) is 15.7. The van der Waals surface area contributed by atoms with Crippen LogP contribution in [-0.4, -0.2) is 16.5 Å². The van der Waals surface area contributed by atoms with E-state index in [1.807, 2.05) is 13.1 Å². The molecule has 1 aromatic carbocycles. The molecule has 0 aliphatic carbocycles. The first-order chi connectivity index (χ1) is 10.9. The number of anilines is 1. The highest BCUT2D eigenvalue weighted by Crippen LogP contribution is 2.32. The van der Waals surface area contributed by atoms with Gasteiger partial charge in [0.15, 0.2) is 0 Å². The third-order valence-electron chi connectivity index (χ3n) is 3.39. The Labute approximate surface area is 135 Å². The molecule has 3 aromatic rings. The van der Waals surface area contributed by atoms with Crippen LogP contribution in [0.5, 0.6) is 0 Å². The highest BCUT2D eigenvalue weighted by Gasteiger charge is 2.30. The van der Waals surface area contributed by atoms with Crippen LogP contribution >= 0.6 is 11.3 Å². The Bertz CT molecular complexity index is 827. The molecule has 0 bridgehead atoms. The number of fused-ring (bicyclic) bond motifs is 1. The molecule has 3 rings (SSSR count). The molecule has 0 amide bonds. The lowest BCUT2D eigenvalue weighted by atomic mass is 10.1. The molecule has 120 valence electrons. The van der Waals surface area contributed by atoms with Crippen molar-refractivity contribution in [3.63, 3.8) is 0 Å². The average molecular weight is 337 g/mol. The number of pyridine rings is 1. The summed E-state index contributed by atoms with van der Waals surface area (Å²) in [5, 5.41) is 4.96. The fourth-order valence-electron chi connectivity index (χ4n) is 2.30. The molecule has 0 atom stereocenters. The van der Waals surface area contributed by atoms with Crippen molar-refractivity contribution in [1.29, 1.82) is 0 Å². The second kappa shape index (κ2) is 6.16. The average Bonchev–Trinajstić information content (AvgIpc) is 2.91. The van der Waals surface area contributed by atoms with Gasteiger partial charge in [-0.05, 0) is 25.1 Å². The molecular formula is C16H14F3N3S. The van der Waals surface area contributed by atoms with E-state index in [1.165, 1.54) is 12.3 Å². The highest BCUT2D eigenvalue weighted by molar-refractivity contribution is 7.11. The van der Waals surface area contributed by atoms with Gasteiger partial charge in [0.25, 0.3) is 0 Å². The van der Waals surface area contributed by atoms with Gasteiger partial charge < -0.3 is 5.32 Å². The molecule has 2 heterocycles. The Kier molecular flexibility index (Phi) is 4.21. The van der Waals surface area contributed by atoms with Gasteiger partial charge in [0.2, 0.25) is 0 Å². The summed E-state index contributed by atoms with van der Waals surface area (Å²) >= 11 is 1.64. The molecule has 0 saturated carbocycles. The molecule has 0 aliphatic rings. The van der Waals surface area contributed by atoms with Crippen molar-refractivity contribution in [1.82, 2.24) is 9.97 Å². The maximum absolute atomic E-state index is 12.8. The van der Waals surface area contributed by atoms with Gasteiger partial charge in [-0.25, -0.2) is 4.98 Å². The van der Waals surface area contributed by atoms with Crippen LogP contribution in [0.15, 0.2) is 36.7 Å². The lowest BCUT2D eigenvalue weighted by Gasteiger charge is -2.11. The molecule has 23 heavy (non-hydrogen) atoms. The van der Waals surface area contributed by atoms with E-state index in [0.29, 0.717) is 17.4 Å². The number of aromatic nitrogens is 2. The van der Waals surface area contributed by atoms with Crippen LogP contribution in [-0.2, 0) is 12.6 Å². The van der Waals surface area contributed by atoms with E-state index in [9.17, 15) is 13.2 Å². The van der Waals surface area contributed by atoms with Gasteiger partial charge in [0.05, 0.1) is 16.1 Å². The third-order valence-corrected chi connectivity index (χ3v) is 4.37. The fraction of sp³-hybridized carbons (Fsp3) is 0.250. The summed E-state index contributed by atoms with van der Waals surface area (Å²) in [5.74, 6) is 0. The normalized spacial score (nSPS) is 11.8. The number of halogens is 3. The maximum Gasteiger partial charge on any atom is 0.416 e. The smallest absolute Gasteiger partial charge is 0.384 e. The zero-order valence-corrected chi connectivity index (χ0v) is 13.1. The maximum atomic E-state index is 12.8. The third kappa shape index (κ3) is 3.61. The number of thiazole rings is 1. The van der Waals surface area contributed by atoms with Crippen molar-refractivity contribution in [3.05, 3.63) is 52.1 Å². The van der Waals surface area contributed by atoms with Gasteiger partial charge in [0, 0.05) is 41.3 Å². The quantitative estimate of drug-likeness (QED) is 0.751. The number of rotatable bonds is 4. The van der Waals surface area contributed by atoms with E-state index < -0.39 is 11.7 Å².